The number of hydrogen-bond acceptors (Lipinski definition) is 3. The molecule has 1 atom stereocenters. The van der Waals surface area contributed by atoms with Gasteiger partial charge in [-0.3, -0.25) is 4.79 Å². The molecule has 4 heteroatoms. The molecule has 14 heavy (non-hydrogen) atoms. The summed E-state index contributed by atoms with van der Waals surface area (Å²) in [5.41, 5.74) is 5.82. The zero-order valence-electron chi connectivity index (χ0n) is 8.78. The normalized spacial score (nSPS) is 22.1. The fourth-order valence-corrected chi connectivity index (χ4v) is 1.96. The van der Waals surface area contributed by atoms with Crippen molar-refractivity contribution in [1.29, 1.82) is 0 Å². The minimum absolute atomic E-state index is 0.253. The van der Waals surface area contributed by atoms with Crippen molar-refractivity contribution >= 4 is 5.97 Å². The zero-order chi connectivity index (χ0) is 10.6. The van der Waals surface area contributed by atoms with Crippen LogP contribution in [0, 0.1) is 5.92 Å². The summed E-state index contributed by atoms with van der Waals surface area (Å²) in [4.78, 5) is 12.6. The van der Waals surface area contributed by atoms with E-state index in [1.807, 2.05) is 0 Å². The molecule has 1 unspecified atom stereocenters. The van der Waals surface area contributed by atoms with Crippen LogP contribution in [0.15, 0.2) is 0 Å². The smallest absolute Gasteiger partial charge is 0.304 e. The highest BCUT2D eigenvalue weighted by molar-refractivity contribution is 5.66. The summed E-state index contributed by atoms with van der Waals surface area (Å²) in [6.07, 6.45) is 2.47. The lowest BCUT2D eigenvalue weighted by Gasteiger charge is -2.33. The predicted molar refractivity (Wildman–Crippen MR) is 55.1 cm³/mol. The number of carboxylic acid groups (broad SMARTS) is 1. The number of rotatable bonds is 4. The maximum Gasteiger partial charge on any atom is 0.304 e. The number of nitrogens with two attached hydrogens (primary N) is 1. The molecular weight excluding hydrogens is 180 g/mol. The van der Waals surface area contributed by atoms with E-state index >= 15 is 0 Å². The Labute approximate surface area is 85.1 Å². The van der Waals surface area contributed by atoms with Gasteiger partial charge in [0.15, 0.2) is 0 Å². The lowest BCUT2D eigenvalue weighted by atomic mass is 9.91. The first-order chi connectivity index (χ1) is 6.59. The summed E-state index contributed by atoms with van der Waals surface area (Å²) < 4.78 is 0. The van der Waals surface area contributed by atoms with Crippen LogP contribution in [0.25, 0.3) is 0 Å². The van der Waals surface area contributed by atoms with Crippen LogP contribution in [0.1, 0.15) is 26.2 Å². The Kier molecular flexibility index (Phi) is 4.35. The van der Waals surface area contributed by atoms with Gasteiger partial charge in [0.25, 0.3) is 0 Å². The largest absolute Gasteiger partial charge is 0.481 e. The number of likely N-dealkylation sites (tertiary alicyclic amines) is 1. The molecule has 0 spiro atoms. The first kappa shape index (κ1) is 11.5. The van der Waals surface area contributed by atoms with Crippen molar-refractivity contribution in [2.24, 2.45) is 11.7 Å². The highest BCUT2D eigenvalue weighted by Crippen LogP contribution is 2.19. The monoisotopic (exact) mass is 200 g/mol. The van der Waals surface area contributed by atoms with Gasteiger partial charge >= 0.3 is 5.97 Å². The Morgan fingerprint density at radius 3 is 2.57 bits per heavy atom. The number of carboxylic acids is 1. The molecule has 4 nitrogen and oxygen atoms in total. The van der Waals surface area contributed by atoms with Crippen molar-refractivity contribution in [2.75, 3.05) is 19.6 Å². The van der Waals surface area contributed by atoms with Crippen LogP contribution >= 0.6 is 0 Å². The van der Waals surface area contributed by atoms with Gasteiger partial charge in [-0.05, 0) is 38.8 Å². The van der Waals surface area contributed by atoms with Crippen molar-refractivity contribution in [3.05, 3.63) is 0 Å². The molecule has 0 radical (unpaired) electrons. The first-order valence-electron chi connectivity index (χ1n) is 5.29. The molecule has 0 aliphatic carbocycles. The fraction of sp³-hybridized carbons (Fsp3) is 0.900. The van der Waals surface area contributed by atoms with Crippen LogP contribution in [-0.2, 0) is 4.79 Å². The number of nitrogens with zero attached hydrogens (tertiary/aromatic N) is 1. The second kappa shape index (κ2) is 5.32. The van der Waals surface area contributed by atoms with E-state index in [0.29, 0.717) is 12.5 Å². The molecule has 0 aromatic carbocycles. The fourth-order valence-electron chi connectivity index (χ4n) is 1.96. The van der Waals surface area contributed by atoms with Crippen molar-refractivity contribution in [2.45, 2.75) is 32.2 Å². The maximum absolute atomic E-state index is 10.4. The molecule has 82 valence electrons. The van der Waals surface area contributed by atoms with E-state index in [-0.39, 0.29) is 12.5 Å². The summed E-state index contributed by atoms with van der Waals surface area (Å²) in [7, 11) is 0. The average molecular weight is 200 g/mol. The predicted octanol–water partition coefficient (Wildman–Crippen LogP) is 0.520. The molecule has 0 saturated carbocycles. The molecule has 0 bridgehead atoms. The van der Waals surface area contributed by atoms with Crippen molar-refractivity contribution in [3.63, 3.8) is 0 Å². The topological polar surface area (TPSA) is 66.6 Å². The summed E-state index contributed by atoms with van der Waals surface area (Å²) in [5, 5.41) is 8.54. The first-order valence-corrected chi connectivity index (χ1v) is 5.29. The van der Waals surface area contributed by atoms with Crippen molar-refractivity contribution in [3.8, 4) is 0 Å². The Bertz CT molecular complexity index is 187. The Morgan fingerprint density at radius 2 is 2.14 bits per heavy atom. The molecule has 1 heterocycles. The van der Waals surface area contributed by atoms with Gasteiger partial charge in [0.2, 0.25) is 0 Å². The molecule has 1 rings (SSSR count). The van der Waals surface area contributed by atoms with Crippen LogP contribution in [0.3, 0.4) is 0 Å². The van der Waals surface area contributed by atoms with E-state index < -0.39 is 5.97 Å². The summed E-state index contributed by atoms with van der Waals surface area (Å²) in [5.74, 6) is -0.0876. The summed E-state index contributed by atoms with van der Waals surface area (Å²) in [6, 6.07) is 0.275. The number of carbonyl (C=O) groups is 1. The number of aliphatic carboxylic acids is 1. The average Bonchev–Trinajstić information content (AvgIpc) is 2.15. The second-order valence-corrected chi connectivity index (χ2v) is 4.18. The zero-order valence-corrected chi connectivity index (χ0v) is 8.78. The van der Waals surface area contributed by atoms with E-state index in [9.17, 15) is 4.79 Å². The maximum atomic E-state index is 10.4. The van der Waals surface area contributed by atoms with Gasteiger partial charge in [0.05, 0.1) is 6.42 Å². The van der Waals surface area contributed by atoms with Gasteiger partial charge in [0.1, 0.15) is 0 Å². The van der Waals surface area contributed by atoms with E-state index in [0.717, 1.165) is 25.9 Å². The van der Waals surface area contributed by atoms with Crippen molar-refractivity contribution < 1.29 is 9.90 Å². The standard InChI is InChI=1S/C10H20N2O2/c1-8(11)9-2-5-12(6-3-9)7-4-10(13)14/h8-9H,2-7,11H2,1H3,(H,13,14). The molecular formula is C10H20N2O2. The van der Waals surface area contributed by atoms with Gasteiger partial charge in [-0.1, -0.05) is 0 Å². The van der Waals surface area contributed by atoms with Gasteiger partial charge in [-0.25, -0.2) is 0 Å². The van der Waals surface area contributed by atoms with E-state index in [1.165, 1.54) is 0 Å². The van der Waals surface area contributed by atoms with Crippen LogP contribution in [0.4, 0.5) is 0 Å². The highest BCUT2D eigenvalue weighted by Gasteiger charge is 2.21. The van der Waals surface area contributed by atoms with Crippen LogP contribution in [-0.4, -0.2) is 41.7 Å². The van der Waals surface area contributed by atoms with Crippen LogP contribution in [0.5, 0.6) is 0 Å². The third kappa shape index (κ3) is 3.64. The van der Waals surface area contributed by atoms with Crippen molar-refractivity contribution in [1.82, 2.24) is 4.90 Å². The molecule has 1 saturated heterocycles. The van der Waals surface area contributed by atoms with Crippen LogP contribution < -0.4 is 5.73 Å². The third-order valence-corrected chi connectivity index (χ3v) is 3.02. The number of piperidine rings is 1. The highest BCUT2D eigenvalue weighted by atomic mass is 16.4. The van der Waals surface area contributed by atoms with E-state index in [1.54, 1.807) is 0 Å². The van der Waals surface area contributed by atoms with E-state index in [4.69, 9.17) is 10.8 Å². The molecule has 1 aliphatic heterocycles. The van der Waals surface area contributed by atoms with Gasteiger partial charge < -0.3 is 15.7 Å². The molecule has 0 aromatic rings. The Morgan fingerprint density at radius 1 is 1.57 bits per heavy atom. The minimum atomic E-state index is -0.709. The Balaban J connectivity index is 2.19. The summed E-state index contributed by atoms with van der Waals surface area (Å²) >= 11 is 0. The quantitative estimate of drug-likeness (QED) is 0.694. The Hall–Kier alpha value is -0.610. The lowest BCUT2D eigenvalue weighted by Crippen LogP contribution is -2.40. The number of hydrogen-bond donors (Lipinski definition) is 2. The molecule has 1 aliphatic rings. The molecule has 0 aromatic heterocycles. The third-order valence-electron chi connectivity index (χ3n) is 3.02. The SMILES string of the molecule is CC(N)C1CCN(CCC(=O)O)CC1. The molecule has 3 N–H and O–H groups in total. The summed E-state index contributed by atoms with van der Waals surface area (Å²) in [6.45, 7) is 4.73. The van der Waals surface area contributed by atoms with Gasteiger partial charge in [-0.15, -0.1) is 0 Å². The molecule has 0 amide bonds. The molecule has 1 fully saturated rings. The van der Waals surface area contributed by atoms with Gasteiger partial charge in [-0.2, -0.15) is 0 Å². The lowest BCUT2D eigenvalue weighted by molar-refractivity contribution is -0.137. The van der Waals surface area contributed by atoms with E-state index in [2.05, 4.69) is 11.8 Å². The van der Waals surface area contributed by atoms with Crippen LogP contribution in [0.2, 0.25) is 0 Å². The second-order valence-electron chi connectivity index (χ2n) is 4.18. The van der Waals surface area contributed by atoms with Gasteiger partial charge in [0, 0.05) is 12.6 Å². The minimum Gasteiger partial charge on any atom is -0.481 e.